The summed E-state index contributed by atoms with van der Waals surface area (Å²) in [6, 6.07) is 43.1. The van der Waals surface area contributed by atoms with E-state index < -0.39 is 0 Å². The third-order valence-electron chi connectivity index (χ3n) is 9.88. The molecule has 0 radical (unpaired) electrons. The molecule has 5 rings (SSSR count). The van der Waals surface area contributed by atoms with Crippen LogP contribution in [0.15, 0.2) is 139 Å². The smallest absolute Gasteiger partial charge is 0.0440 e. The van der Waals surface area contributed by atoms with Gasteiger partial charge in [0.2, 0.25) is 0 Å². The van der Waals surface area contributed by atoms with Gasteiger partial charge in [-0.1, -0.05) is 116 Å². The van der Waals surface area contributed by atoms with Gasteiger partial charge in [0.15, 0.2) is 0 Å². The van der Waals surface area contributed by atoms with E-state index in [0.29, 0.717) is 23.7 Å². The van der Waals surface area contributed by atoms with E-state index in [9.17, 15) is 0 Å². The standard InChI is InChI=1S/C22H36N.C13H20.3C7H7.CH3.Hf/c1-9-11-15-23(22(16(3)4)17(5)6)21-14-12-13-20(19(21)8)18(7)10-2;1-9(2)12-7-6-8-13(10(3)4)11(12)5;3*1-7-5-3-2-4-6-7;;/h12-14,16,18H,2,9-11,15H2,1,3-8H3;6-10H,1-5H3;3*2-6H,1H2;1H3;/q-1;;4*-1;. The van der Waals surface area contributed by atoms with Crippen LogP contribution in [0, 0.1) is 54.9 Å². The molecule has 0 N–H and O–H groups in total. The van der Waals surface area contributed by atoms with Crippen LogP contribution in [0.1, 0.15) is 151 Å². The Morgan fingerprint density at radius 1 is 0.542 bits per heavy atom. The van der Waals surface area contributed by atoms with Gasteiger partial charge in [-0.25, -0.2) is 0 Å². The quantitative estimate of drug-likeness (QED) is 0.0996. The minimum absolute atomic E-state index is 0. The zero-order chi connectivity index (χ0) is 42.9. The number of unbranched alkanes of at least 4 members (excludes halogenated alkanes) is 1. The molecule has 5 aromatic carbocycles. The summed E-state index contributed by atoms with van der Waals surface area (Å²) in [5.74, 6) is 2.32. The molecule has 0 fully saturated rings. The Balaban J connectivity index is 0. The average molecular weight is 958 g/mol. The molecule has 0 heterocycles. The largest absolute Gasteiger partial charge is 0.358 e. The third kappa shape index (κ3) is 21.8. The summed E-state index contributed by atoms with van der Waals surface area (Å²) in [6.45, 7) is 43.5. The van der Waals surface area contributed by atoms with Crippen LogP contribution in [0.3, 0.4) is 0 Å². The maximum Gasteiger partial charge on any atom is 0.0440 e. The molecule has 0 aliphatic heterocycles. The molecule has 1 unspecified atom stereocenters. The maximum atomic E-state index is 4.10. The molecule has 59 heavy (non-hydrogen) atoms. The molecule has 1 nitrogen and oxygen atoms in total. The van der Waals surface area contributed by atoms with E-state index in [-0.39, 0.29) is 33.3 Å². The SMILES string of the molecule is Cc1c(C(C)C)cccc1C(C)C.[CH2-]CC(C)c1cccc(N(CCCC)C(=C(C)C)C(C)C)c1C.[CH2-]c1ccccc1.[CH2-]c1ccccc1.[CH2-]c1ccccc1.[CH3-].[Hf]. The van der Waals surface area contributed by atoms with Crippen LogP contribution >= 0.6 is 0 Å². The molecular weight excluding hydrogens is 877 g/mol. The molecule has 0 saturated carbocycles. The van der Waals surface area contributed by atoms with Crippen LogP contribution in [-0.4, -0.2) is 6.54 Å². The van der Waals surface area contributed by atoms with Crippen LogP contribution < -0.4 is 4.90 Å². The molecule has 0 saturated heterocycles. The molecule has 0 spiro atoms. The molecule has 0 amide bonds. The molecule has 322 valence electrons. The van der Waals surface area contributed by atoms with E-state index in [1.54, 1.807) is 0 Å². The van der Waals surface area contributed by atoms with Crippen molar-refractivity contribution in [2.45, 2.75) is 120 Å². The van der Waals surface area contributed by atoms with Crippen molar-refractivity contribution in [3.8, 4) is 0 Å². The summed E-state index contributed by atoms with van der Waals surface area (Å²) < 4.78 is 0. The number of anilines is 1. The summed E-state index contributed by atoms with van der Waals surface area (Å²) in [4.78, 5) is 2.57. The minimum Gasteiger partial charge on any atom is -0.358 e. The van der Waals surface area contributed by atoms with Gasteiger partial charge in [-0.05, 0) is 91.7 Å². The van der Waals surface area contributed by atoms with Crippen LogP contribution in [-0.2, 0) is 25.8 Å². The van der Waals surface area contributed by atoms with Crippen LogP contribution in [0.4, 0.5) is 5.69 Å². The second-order valence-electron chi connectivity index (χ2n) is 16.1. The van der Waals surface area contributed by atoms with Crippen LogP contribution in [0.2, 0.25) is 0 Å². The Kier molecular flexibility index (Phi) is 31.0. The van der Waals surface area contributed by atoms with Crippen molar-refractivity contribution in [3.63, 3.8) is 0 Å². The second-order valence-corrected chi connectivity index (χ2v) is 16.1. The van der Waals surface area contributed by atoms with Gasteiger partial charge >= 0.3 is 0 Å². The van der Waals surface area contributed by atoms with E-state index in [1.807, 2.05) is 91.0 Å². The predicted molar refractivity (Wildman–Crippen MR) is 264 cm³/mol. The van der Waals surface area contributed by atoms with Crippen molar-refractivity contribution in [3.05, 3.63) is 218 Å². The Hall–Kier alpha value is -3.88. The van der Waals surface area contributed by atoms with E-state index >= 15 is 0 Å². The number of allylic oxidation sites excluding steroid dienone is 2. The first-order valence-electron chi connectivity index (χ1n) is 21.1. The summed E-state index contributed by atoms with van der Waals surface area (Å²) >= 11 is 0. The maximum absolute atomic E-state index is 4.10. The van der Waals surface area contributed by atoms with Gasteiger partial charge in [0.25, 0.3) is 0 Å². The van der Waals surface area contributed by atoms with Gasteiger partial charge in [-0.2, -0.15) is 80.3 Å². The second kappa shape index (κ2) is 32.0. The van der Waals surface area contributed by atoms with Gasteiger partial charge in [0.05, 0.1) is 0 Å². The Bertz CT molecular complexity index is 1680. The molecule has 1 atom stereocenters. The van der Waals surface area contributed by atoms with Crippen LogP contribution in [0.5, 0.6) is 0 Å². The van der Waals surface area contributed by atoms with E-state index in [4.69, 9.17) is 0 Å². The zero-order valence-electron chi connectivity index (χ0n) is 39.5. The van der Waals surface area contributed by atoms with Gasteiger partial charge in [0, 0.05) is 43.8 Å². The average Bonchev–Trinajstić information content (AvgIpc) is 3.18. The molecule has 0 aromatic heterocycles. The van der Waals surface area contributed by atoms with E-state index in [1.165, 1.54) is 57.6 Å². The van der Waals surface area contributed by atoms with Gasteiger partial charge in [-0.15, -0.1) is 36.4 Å². The number of nitrogens with zero attached hydrogens (tertiary/aromatic N) is 1. The number of rotatable bonds is 10. The van der Waals surface area contributed by atoms with Crippen LogP contribution in [0.25, 0.3) is 0 Å². The summed E-state index contributed by atoms with van der Waals surface area (Å²) in [5, 5.41) is 0. The molecule has 0 aliphatic rings. The fourth-order valence-electron chi connectivity index (χ4n) is 6.83. The Morgan fingerprint density at radius 2 is 0.915 bits per heavy atom. The first-order chi connectivity index (χ1) is 27.1. The first-order valence-corrected chi connectivity index (χ1v) is 21.1. The monoisotopic (exact) mass is 959 g/mol. The van der Waals surface area contributed by atoms with Crippen molar-refractivity contribution in [2.24, 2.45) is 5.92 Å². The summed E-state index contributed by atoms with van der Waals surface area (Å²) in [6.07, 6.45) is 3.38. The summed E-state index contributed by atoms with van der Waals surface area (Å²) in [7, 11) is 0. The minimum atomic E-state index is 0. The fraction of sp³-hybridized carbons (Fsp3) is 0.351. The van der Waals surface area contributed by atoms with Gasteiger partial charge < -0.3 is 19.3 Å². The van der Waals surface area contributed by atoms with E-state index in [0.717, 1.165) is 29.7 Å². The molecule has 2 heteroatoms. The van der Waals surface area contributed by atoms with Crippen molar-refractivity contribution in [1.82, 2.24) is 0 Å². The Morgan fingerprint density at radius 3 is 1.20 bits per heavy atom. The van der Waals surface area contributed by atoms with Crippen molar-refractivity contribution in [2.75, 3.05) is 11.4 Å². The number of benzene rings is 5. The molecule has 0 bridgehead atoms. The number of hydrogen-bond acceptors (Lipinski definition) is 1. The van der Waals surface area contributed by atoms with E-state index in [2.05, 4.69) is 152 Å². The van der Waals surface area contributed by atoms with Crippen molar-refractivity contribution >= 4 is 5.69 Å². The zero-order valence-corrected chi connectivity index (χ0v) is 43.1. The number of hydrogen-bond donors (Lipinski definition) is 0. The van der Waals surface area contributed by atoms with Gasteiger partial charge in [-0.3, -0.25) is 0 Å². The molecular formula is C57H80HfN-5. The normalized spacial score (nSPS) is 10.4. The third-order valence-corrected chi connectivity index (χ3v) is 9.88. The fourth-order valence-corrected chi connectivity index (χ4v) is 6.83. The van der Waals surface area contributed by atoms with Crippen molar-refractivity contribution in [1.29, 1.82) is 0 Å². The topological polar surface area (TPSA) is 3.24 Å². The summed E-state index contributed by atoms with van der Waals surface area (Å²) in [5.41, 5.74) is 14.8. The Labute approximate surface area is 385 Å². The first kappa shape index (κ1) is 57.2. The van der Waals surface area contributed by atoms with Crippen molar-refractivity contribution < 1.29 is 25.8 Å². The van der Waals surface area contributed by atoms with Gasteiger partial charge in [0.1, 0.15) is 0 Å². The molecule has 0 aliphatic carbocycles. The predicted octanol–water partition coefficient (Wildman–Crippen LogP) is 17.2. The molecule has 5 aromatic rings.